The molecule has 1 saturated heterocycles. The van der Waals surface area contributed by atoms with Crippen molar-refractivity contribution in [2.24, 2.45) is 5.10 Å². The summed E-state index contributed by atoms with van der Waals surface area (Å²) in [6.45, 7) is 7.32. The van der Waals surface area contributed by atoms with Crippen LogP contribution in [0.3, 0.4) is 0 Å². The zero-order valence-electron chi connectivity index (χ0n) is 17.0. The van der Waals surface area contributed by atoms with Crippen LogP contribution >= 0.6 is 15.9 Å². The van der Waals surface area contributed by atoms with Crippen molar-refractivity contribution >= 4 is 33.9 Å². The first-order chi connectivity index (χ1) is 14.6. The van der Waals surface area contributed by atoms with E-state index in [0.717, 1.165) is 22.7 Å². The number of halogens is 2. The van der Waals surface area contributed by atoms with Gasteiger partial charge in [0.2, 0.25) is 5.95 Å². The van der Waals surface area contributed by atoms with Crippen LogP contribution in [0.2, 0.25) is 0 Å². The molecule has 0 radical (unpaired) electrons. The van der Waals surface area contributed by atoms with E-state index >= 15 is 0 Å². The molecule has 0 aliphatic carbocycles. The molecular formula is C20H25BrFN5O3. The lowest BCUT2D eigenvalue weighted by atomic mass is 10.2. The third-order valence-electron chi connectivity index (χ3n) is 4.20. The maximum absolute atomic E-state index is 14.1. The second-order valence-corrected chi connectivity index (χ2v) is 7.30. The second-order valence-electron chi connectivity index (χ2n) is 6.45. The number of nitrogens with one attached hydrogen (secondary N) is 1. The first kappa shape index (κ1) is 22.2. The molecule has 10 heteroatoms. The first-order valence-corrected chi connectivity index (χ1v) is 10.6. The summed E-state index contributed by atoms with van der Waals surface area (Å²) in [5.41, 5.74) is 3.54. The van der Waals surface area contributed by atoms with Gasteiger partial charge < -0.3 is 19.1 Å². The molecule has 8 nitrogen and oxygen atoms in total. The molecule has 30 heavy (non-hydrogen) atoms. The van der Waals surface area contributed by atoms with Crippen molar-refractivity contribution in [3.8, 4) is 11.5 Å². The summed E-state index contributed by atoms with van der Waals surface area (Å²) in [5.74, 6) is 1.28. The van der Waals surface area contributed by atoms with Crippen molar-refractivity contribution in [1.82, 2.24) is 9.97 Å². The van der Waals surface area contributed by atoms with Crippen LogP contribution < -0.4 is 19.8 Å². The SMILES string of the molecule is CCCOc1c(Br)cc(C=NNc2ncc(F)c(N3CCOCC3)n2)cc1OCC. The highest BCUT2D eigenvalue weighted by Crippen LogP contribution is 2.36. The Bertz CT molecular complexity index is 878. The molecule has 2 aromatic rings. The summed E-state index contributed by atoms with van der Waals surface area (Å²) in [4.78, 5) is 10.0. The molecule has 1 aliphatic heterocycles. The molecule has 3 rings (SSSR count). The van der Waals surface area contributed by atoms with Gasteiger partial charge in [-0.15, -0.1) is 0 Å². The summed E-state index contributed by atoms with van der Waals surface area (Å²) in [6, 6.07) is 3.72. The molecule has 0 unspecified atom stereocenters. The van der Waals surface area contributed by atoms with Gasteiger partial charge in [-0.1, -0.05) is 6.92 Å². The van der Waals surface area contributed by atoms with Crippen LogP contribution in [-0.4, -0.2) is 55.7 Å². The number of aromatic nitrogens is 2. The fraction of sp³-hybridized carbons (Fsp3) is 0.450. The largest absolute Gasteiger partial charge is 0.490 e. The number of nitrogens with zero attached hydrogens (tertiary/aromatic N) is 4. The van der Waals surface area contributed by atoms with Crippen molar-refractivity contribution < 1.29 is 18.6 Å². The first-order valence-electron chi connectivity index (χ1n) is 9.85. The highest BCUT2D eigenvalue weighted by Gasteiger charge is 2.17. The number of rotatable bonds is 9. The predicted octanol–water partition coefficient (Wildman–Crippen LogP) is 3.85. The topological polar surface area (TPSA) is 81.1 Å². The summed E-state index contributed by atoms with van der Waals surface area (Å²) < 4.78 is 31.7. The minimum Gasteiger partial charge on any atom is -0.490 e. The Hall–Kier alpha value is -2.46. The van der Waals surface area contributed by atoms with Gasteiger partial charge in [-0.25, -0.2) is 14.8 Å². The zero-order valence-corrected chi connectivity index (χ0v) is 18.6. The maximum Gasteiger partial charge on any atom is 0.245 e. The van der Waals surface area contributed by atoms with Crippen LogP contribution in [0.4, 0.5) is 16.2 Å². The van der Waals surface area contributed by atoms with Gasteiger partial charge in [0.1, 0.15) is 0 Å². The van der Waals surface area contributed by atoms with Gasteiger partial charge in [0.05, 0.1) is 43.3 Å². The van der Waals surface area contributed by atoms with E-state index in [4.69, 9.17) is 14.2 Å². The summed E-state index contributed by atoms with van der Waals surface area (Å²) in [6.07, 6.45) is 3.65. The monoisotopic (exact) mass is 481 g/mol. The molecule has 0 atom stereocenters. The number of morpholine rings is 1. The Kier molecular flexibility index (Phi) is 8.21. The standard InChI is InChI=1S/C20H25BrFN5O3/c1-3-7-30-18-15(21)10-14(11-17(18)29-4-2)12-24-26-20-23-13-16(22)19(25-20)27-5-8-28-9-6-27/h10-13H,3-9H2,1-2H3,(H,23,25,26). The smallest absolute Gasteiger partial charge is 0.245 e. The van der Waals surface area contributed by atoms with Crippen LogP contribution in [0.5, 0.6) is 11.5 Å². The van der Waals surface area contributed by atoms with Gasteiger partial charge in [-0.2, -0.15) is 10.1 Å². The van der Waals surface area contributed by atoms with E-state index in [2.05, 4.69) is 36.4 Å². The minimum absolute atomic E-state index is 0.209. The third-order valence-corrected chi connectivity index (χ3v) is 4.79. The van der Waals surface area contributed by atoms with Crippen molar-refractivity contribution in [2.45, 2.75) is 20.3 Å². The molecule has 1 N–H and O–H groups in total. The average molecular weight is 482 g/mol. The van der Waals surface area contributed by atoms with Gasteiger partial charge in [-0.3, -0.25) is 0 Å². The Labute approximate surface area is 183 Å². The molecule has 1 fully saturated rings. The predicted molar refractivity (Wildman–Crippen MR) is 117 cm³/mol. The molecule has 162 valence electrons. The van der Waals surface area contributed by atoms with E-state index in [1.165, 1.54) is 0 Å². The minimum atomic E-state index is -0.473. The van der Waals surface area contributed by atoms with E-state index in [9.17, 15) is 4.39 Å². The normalized spacial score (nSPS) is 14.2. The van der Waals surface area contributed by atoms with Crippen LogP contribution in [0.15, 0.2) is 27.9 Å². The number of hydrogen-bond acceptors (Lipinski definition) is 8. The van der Waals surface area contributed by atoms with Crippen molar-refractivity contribution in [2.75, 3.05) is 49.8 Å². The fourth-order valence-corrected chi connectivity index (χ4v) is 3.42. The van der Waals surface area contributed by atoms with Gasteiger partial charge in [0, 0.05) is 13.1 Å². The van der Waals surface area contributed by atoms with E-state index in [-0.39, 0.29) is 11.8 Å². The Morgan fingerprint density at radius 3 is 2.83 bits per heavy atom. The summed E-state index contributed by atoms with van der Waals surface area (Å²) >= 11 is 3.53. The number of benzene rings is 1. The van der Waals surface area contributed by atoms with E-state index in [1.807, 2.05) is 30.9 Å². The summed E-state index contributed by atoms with van der Waals surface area (Å²) in [5, 5.41) is 4.18. The molecule has 0 spiro atoms. The van der Waals surface area contributed by atoms with Crippen molar-refractivity contribution in [3.63, 3.8) is 0 Å². The molecule has 0 saturated carbocycles. The average Bonchev–Trinajstić information content (AvgIpc) is 2.75. The fourth-order valence-electron chi connectivity index (χ4n) is 2.84. The quantitative estimate of drug-likeness (QED) is 0.430. The highest BCUT2D eigenvalue weighted by atomic mass is 79.9. The van der Waals surface area contributed by atoms with Crippen LogP contribution in [0.1, 0.15) is 25.8 Å². The number of anilines is 2. The van der Waals surface area contributed by atoms with Gasteiger partial charge in [0.15, 0.2) is 23.1 Å². The number of hydrogen-bond donors (Lipinski definition) is 1. The lowest BCUT2D eigenvalue weighted by Crippen LogP contribution is -2.37. The van der Waals surface area contributed by atoms with Crippen LogP contribution in [0.25, 0.3) is 0 Å². The van der Waals surface area contributed by atoms with Gasteiger partial charge in [0.25, 0.3) is 0 Å². The number of hydrazone groups is 1. The second kappa shape index (κ2) is 11.1. The Morgan fingerprint density at radius 1 is 1.30 bits per heavy atom. The van der Waals surface area contributed by atoms with Gasteiger partial charge >= 0.3 is 0 Å². The Morgan fingerprint density at radius 2 is 2.10 bits per heavy atom. The lowest BCUT2D eigenvalue weighted by Gasteiger charge is -2.27. The maximum atomic E-state index is 14.1. The van der Waals surface area contributed by atoms with E-state index < -0.39 is 5.82 Å². The third kappa shape index (κ3) is 5.79. The molecule has 0 amide bonds. The molecule has 1 aromatic carbocycles. The zero-order chi connectivity index (χ0) is 21.3. The molecular weight excluding hydrogens is 457 g/mol. The van der Waals surface area contributed by atoms with Crippen molar-refractivity contribution in [3.05, 3.63) is 34.2 Å². The highest BCUT2D eigenvalue weighted by molar-refractivity contribution is 9.10. The number of ether oxygens (including phenoxy) is 3. The molecule has 1 aromatic heterocycles. The Balaban J connectivity index is 1.73. The van der Waals surface area contributed by atoms with Crippen molar-refractivity contribution in [1.29, 1.82) is 0 Å². The van der Waals surface area contributed by atoms with Crippen LogP contribution in [-0.2, 0) is 4.74 Å². The van der Waals surface area contributed by atoms with Crippen LogP contribution in [0, 0.1) is 5.82 Å². The summed E-state index contributed by atoms with van der Waals surface area (Å²) in [7, 11) is 0. The molecule has 0 bridgehead atoms. The molecule has 2 heterocycles. The van der Waals surface area contributed by atoms with E-state index in [0.29, 0.717) is 51.0 Å². The molecule has 1 aliphatic rings. The lowest BCUT2D eigenvalue weighted by molar-refractivity contribution is 0.122. The van der Waals surface area contributed by atoms with E-state index in [1.54, 1.807) is 6.21 Å². The van der Waals surface area contributed by atoms with Gasteiger partial charge in [-0.05, 0) is 47.0 Å².